The summed E-state index contributed by atoms with van der Waals surface area (Å²) in [5.41, 5.74) is 2.75. The zero-order valence-electron chi connectivity index (χ0n) is 13.6. The second kappa shape index (κ2) is 6.22. The number of carboxylic acid groups (broad SMARTS) is 1. The summed E-state index contributed by atoms with van der Waals surface area (Å²) in [6, 6.07) is 9.88. The lowest BCUT2D eigenvalue weighted by molar-refractivity contribution is 0.121. The molecule has 0 aliphatic carbocycles. The number of aromatic nitrogens is 2. The van der Waals surface area contributed by atoms with Crippen molar-refractivity contribution in [2.45, 2.75) is 34.2 Å². The number of aryl methyl sites for hydroxylation is 1. The molecule has 0 spiro atoms. The Labute approximate surface area is 131 Å². The van der Waals surface area contributed by atoms with Crippen molar-refractivity contribution in [3.8, 4) is 11.3 Å². The normalized spacial score (nSPS) is 11.5. The van der Waals surface area contributed by atoms with E-state index in [0.29, 0.717) is 12.4 Å². The van der Waals surface area contributed by atoms with E-state index in [9.17, 15) is 9.90 Å². The summed E-state index contributed by atoms with van der Waals surface area (Å²) in [6.07, 6.45) is -0.926. The van der Waals surface area contributed by atoms with E-state index in [1.54, 1.807) is 0 Å². The molecule has 1 aromatic heterocycles. The lowest BCUT2D eigenvalue weighted by atomic mass is 9.96. The molecule has 0 radical (unpaired) electrons. The molecule has 1 amide bonds. The van der Waals surface area contributed by atoms with Crippen LogP contribution >= 0.6 is 0 Å². The van der Waals surface area contributed by atoms with Crippen molar-refractivity contribution in [1.82, 2.24) is 14.9 Å². The predicted molar refractivity (Wildman–Crippen MR) is 86.7 cm³/mol. The van der Waals surface area contributed by atoms with Gasteiger partial charge in [0.2, 0.25) is 0 Å². The molecule has 118 valence electrons. The van der Waals surface area contributed by atoms with Crippen LogP contribution in [-0.2, 0) is 6.54 Å². The van der Waals surface area contributed by atoms with Crippen molar-refractivity contribution in [3.63, 3.8) is 0 Å². The Morgan fingerprint density at radius 2 is 1.91 bits per heavy atom. The first kappa shape index (κ1) is 16.1. The third-order valence-corrected chi connectivity index (χ3v) is 3.26. The molecule has 0 bridgehead atoms. The lowest BCUT2D eigenvalue weighted by Crippen LogP contribution is -2.36. The fourth-order valence-corrected chi connectivity index (χ4v) is 2.42. The number of imidazole rings is 1. The Kier molecular flexibility index (Phi) is 4.54. The molecular formula is C17H23N3O2. The van der Waals surface area contributed by atoms with Crippen LogP contribution in [0.25, 0.3) is 11.3 Å². The molecule has 0 saturated heterocycles. The monoisotopic (exact) mass is 301 g/mol. The smallest absolute Gasteiger partial charge is 0.407 e. The number of H-pyrrole nitrogens is 1. The van der Waals surface area contributed by atoms with Gasteiger partial charge in [0.1, 0.15) is 5.82 Å². The molecule has 0 unspecified atom stereocenters. The summed E-state index contributed by atoms with van der Waals surface area (Å²) in [4.78, 5) is 20.6. The van der Waals surface area contributed by atoms with Crippen molar-refractivity contribution in [1.29, 1.82) is 0 Å². The SMILES string of the molecule is Cc1[nH]c(CN(CC(C)(C)C)C(=O)O)nc1-c1ccccc1. The van der Waals surface area contributed by atoms with E-state index < -0.39 is 6.09 Å². The highest BCUT2D eigenvalue weighted by Gasteiger charge is 2.22. The number of nitrogens with one attached hydrogen (secondary N) is 1. The number of carbonyl (C=O) groups is 1. The predicted octanol–water partition coefficient (Wildman–Crippen LogP) is 3.91. The second-order valence-electron chi connectivity index (χ2n) is 6.72. The van der Waals surface area contributed by atoms with Crippen LogP contribution in [0.3, 0.4) is 0 Å². The van der Waals surface area contributed by atoms with E-state index in [2.05, 4.69) is 9.97 Å². The maximum Gasteiger partial charge on any atom is 0.407 e. The topological polar surface area (TPSA) is 69.2 Å². The van der Waals surface area contributed by atoms with Crippen LogP contribution in [0.15, 0.2) is 30.3 Å². The van der Waals surface area contributed by atoms with Gasteiger partial charge in [-0.1, -0.05) is 51.1 Å². The number of hydrogen-bond donors (Lipinski definition) is 2. The fourth-order valence-electron chi connectivity index (χ4n) is 2.42. The van der Waals surface area contributed by atoms with Crippen LogP contribution in [0.4, 0.5) is 4.79 Å². The number of nitrogens with zero attached hydrogens (tertiary/aromatic N) is 2. The molecule has 0 aliphatic heterocycles. The van der Waals surface area contributed by atoms with E-state index in [1.165, 1.54) is 4.90 Å². The lowest BCUT2D eigenvalue weighted by Gasteiger charge is -2.27. The molecule has 2 rings (SSSR count). The fraction of sp³-hybridized carbons (Fsp3) is 0.412. The molecule has 0 aliphatic rings. The summed E-state index contributed by atoms with van der Waals surface area (Å²) in [5.74, 6) is 0.669. The Hall–Kier alpha value is -2.30. The number of aromatic amines is 1. The van der Waals surface area contributed by atoms with Gasteiger partial charge in [-0.15, -0.1) is 0 Å². The summed E-state index contributed by atoms with van der Waals surface area (Å²) in [5, 5.41) is 9.38. The third-order valence-electron chi connectivity index (χ3n) is 3.26. The Morgan fingerprint density at radius 3 is 2.45 bits per heavy atom. The number of hydrogen-bond acceptors (Lipinski definition) is 2. The van der Waals surface area contributed by atoms with Crippen molar-refractivity contribution in [2.75, 3.05) is 6.54 Å². The van der Waals surface area contributed by atoms with Gasteiger partial charge in [-0.25, -0.2) is 9.78 Å². The number of rotatable bonds is 4. The first-order valence-corrected chi connectivity index (χ1v) is 7.35. The van der Waals surface area contributed by atoms with Crippen LogP contribution in [0, 0.1) is 12.3 Å². The van der Waals surface area contributed by atoms with Crippen molar-refractivity contribution >= 4 is 6.09 Å². The minimum atomic E-state index is -0.926. The van der Waals surface area contributed by atoms with Gasteiger partial charge >= 0.3 is 6.09 Å². The minimum Gasteiger partial charge on any atom is -0.465 e. The highest BCUT2D eigenvalue weighted by molar-refractivity contribution is 5.65. The molecule has 2 aromatic rings. The summed E-state index contributed by atoms with van der Waals surface area (Å²) < 4.78 is 0. The maximum atomic E-state index is 11.4. The van der Waals surface area contributed by atoms with Gasteiger partial charge in [-0.2, -0.15) is 0 Å². The van der Waals surface area contributed by atoms with Crippen LogP contribution in [0.5, 0.6) is 0 Å². The van der Waals surface area contributed by atoms with E-state index in [1.807, 2.05) is 58.0 Å². The van der Waals surface area contributed by atoms with E-state index in [4.69, 9.17) is 0 Å². The highest BCUT2D eigenvalue weighted by atomic mass is 16.4. The molecular weight excluding hydrogens is 278 g/mol. The van der Waals surface area contributed by atoms with Gasteiger partial charge in [0.15, 0.2) is 0 Å². The van der Waals surface area contributed by atoms with Crippen LogP contribution in [0.2, 0.25) is 0 Å². The standard InChI is InChI=1S/C17H23N3O2/c1-12-15(13-8-6-5-7-9-13)19-14(18-12)10-20(16(21)22)11-17(2,3)4/h5-9H,10-11H2,1-4H3,(H,18,19)(H,21,22). The van der Waals surface area contributed by atoms with Crippen molar-refractivity contribution < 1.29 is 9.90 Å². The Morgan fingerprint density at radius 1 is 1.27 bits per heavy atom. The van der Waals surface area contributed by atoms with Crippen LogP contribution < -0.4 is 0 Å². The summed E-state index contributed by atoms with van der Waals surface area (Å²) in [7, 11) is 0. The molecule has 0 saturated carbocycles. The number of benzene rings is 1. The van der Waals surface area contributed by atoms with Gasteiger partial charge in [0.05, 0.1) is 12.2 Å². The van der Waals surface area contributed by atoms with Gasteiger partial charge in [0.25, 0.3) is 0 Å². The van der Waals surface area contributed by atoms with E-state index in [0.717, 1.165) is 17.0 Å². The first-order valence-electron chi connectivity index (χ1n) is 7.35. The molecule has 2 N–H and O–H groups in total. The molecule has 5 heteroatoms. The zero-order chi connectivity index (χ0) is 16.3. The molecule has 22 heavy (non-hydrogen) atoms. The van der Waals surface area contributed by atoms with Gasteiger partial charge < -0.3 is 15.0 Å². The second-order valence-corrected chi connectivity index (χ2v) is 6.72. The van der Waals surface area contributed by atoms with Crippen LogP contribution in [-0.4, -0.2) is 32.6 Å². The van der Waals surface area contributed by atoms with E-state index in [-0.39, 0.29) is 12.0 Å². The molecule has 1 heterocycles. The maximum absolute atomic E-state index is 11.4. The average molecular weight is 301 g/mol. The minimum absolute atomic E-state index is 0.0950. The van der Waals surface area contributed by atoms with Crippen LogP contribution in [0.1, 0.15) is 32.3 Å². The van der Waals surface area contributed by atoms with Crippen molar-refractivity contribution in [3.05, 3.63) is 41.9 Å². The Balaban J connectivity index is 2.21. The molecule has 0 atom stereocenters. The quantitative estimate of drug-likeness (QED) is 0.899. The van der Waals surface area contributed by atoms with Gasteiger partial charge in [-0.05, 0) is 12.3 Å². The molecule has 0 fully saturated rings. The first-order chi connectivity index (χ1) is 10.3. The van der Waals surface area contributed by atoms with Gasteiger partial charge in [0, 0.05) is 17.8 Å². The average Bonchev–Trinajstić information content (AvgIpc) is 2.78. The Bertz CT molecular complexity index is 642. The number of amides is 1. The van der Waals surface area contributed by atoms with E-state index >= 15 is 0 Å². The zero-order valence-corrected chi connectivity index (χ0v) is 13.6. The third kappa shape index (κ3) is 4.10. The summed E-state index contributed by atoms with van der Waals surface area (Å²) >= 11 is 0. The largest absolute Gasteiger partial charge is 0.465 e. The highest BCUT2D eigenvalue weighted by Crippen LogP contribution is 2.22. The van der Waals surface area contributed by atoms with Gasteiger partial charge in [-0.3, -0.25) is 0 Å². The van der Waals surface area contributed by atoms with Crippen molar-refractivity contribution in [2.24, 2.45) is 5.41 Å². The summed E-state index contributed by atoms with van der Waals surface area (Å²) in [6.45, 7) is 8.74. The molecule has 5 nitrogen and oxygen atoms in total. The molecule has 1 aromatic carbocycles.